The molecule has 3 rings (SSSR count). The second-order valence-electron chi connectivity index (χ2n) is 4.46. The Bertz CT molecular complexity index is 471. The fourth-order valence-electron chi connectivity index (χ4n) is 2.31. The molecule has 2 N–H and O–H groups in total. The van der Waals surface area contributed by atoms with Crippen LogP contribution in [0.4, 0.5) is 17.1 Å². The van der Waals surface area contributed by atoms with Gasteiger partial charge in [0.25, 0.3) is 0 Å². The predicted molar refractivity (Wildman–Crippen MR) is 70.5 cm³/mol. The summed E-state index contributed by atoms with van der Waals surface area (Å²) in [4.78, 5) is 0. The van der Waals surface area contributed by atoms with Crippen molar-refractivity contribution in [1.29, 1.82) is 0 Å². The van der Waals surface area contributed by atoms with E-state index in [1.165, 1.54) is 19.3 Å². The molecule has 2 heterocycles. The minimum absolute atomic E-state index is 0.0606. The third-order valence-corrected chi connectivity index (χ3v) is 4.36. The molecule has 1 unspecified atom stereocenters. The van der Waals surface area contributed by atoms with Crippen LogP contribution in [0.2, 0.25) is 0 Å². The van der Waals surface area contributed by atoms with Crippen LogP contribution in [-0.4, -0.2) is 33.7 Å². The maximum absolute atomic E-state index is 4.51. The van der Waals surface area contributed by atoms with Gasteiger partial charge in [0, 0.05) is 0 Å². The van der Waals surface area contributed by atoms with E-state index in [9.17, 15) is 0 Å². The molecule has 1 aromatic carbocycles. The molecule has 2 aliphatic rings. The van der Waals surface area contributed by atoms with Crippen molar-refractivity contribution in [3.05, 3.63) is 18.2 Å². The summed E-state index contributed by atoms with van der Waals surface area (Å²) in [6, 6.07) is 6.81. The Kier molecular flexibility index (Phi) is 3.41. The van der Waals surface area contributed by atoms with Crippen LogP contribution in [0.25, 0.3) is 0 Å². The first-order chi connectivity index (χ1) is 8.43. The maximum atomic E-state index is 4.51. The van der Waals surface area contributed by atoms with Crippen molar-refractivity contribution in [3.63, 3.8) is 0 Å². The average Bonchev–Trinajstić information content (AvgIpc) is 2.69. The first-order valence-corrected chi connectivity index (χ1v) is 7.65. The van der Waals surface area contributed by atoms with Crippen LogP contribution in [0.1, 0.15) is 19.3 Å². The molecule has 5 heteroatoms. The van der Waals surface area contributed by atoms with Gasteiger partial charge in [0.2, 0.25) is 0 Å². The molecule has 0 saturated carbocycles. The van der Waals surface area contributed by atoms with Gasteiger partial charge in [-0.05, 0) is 0 Å². The SMILES string of the molecule is c1cc2c(c(NC3CCCNCC3)c1)N=[Se]=N2. The Hall–Kier alpha value is -0.901. The number of benzene rings is 1. The van der Waals surface area contributed by atoms with Crippen molar-refractivity contribution in [2.24, 2.45) is 7.92 Å². The van der Waals surface area contributed by atoms with Crippen LogP contribution >= 0.6 is 0 Å². The van der Waals surface area contributed by atoms with E-state index in [-0.39, 0.29) is 14.6 Å². The van der Waals surface area contributed by atoms with Crippen molar-refractivity contribution < 1.29 is 0 Å². The van der Waals surface area contributed by atoms with Crippen LogP contribution in [0.3, 0.4) is 0 Å². The number of rotatable bonds is 2. The molecule has 0 aromatic heterocycles. The molecule has 0 radical (unpaired) electrons. The Morgan fingerprint density at radius 1 is 1.24 bits per heavy atom. The fraction of sp³-hybridized carbons (Fsp3) is 0.500. The topological polar surface area (TPSA) is 48.8 Å². The van der Waals surface area contributed by atoms with Crippen LogP contribution < -0.4 is 10.6 Å². The van der Waals surface area contributed by atoms with Crippen molar-refractivity contribution >= 4 is 31.6 Å². The minimum atomic E-state index is 0.0606. The standard InChI is InChI=1S/C12H16N4Se/c1-4-10(12-11(5-1)15-17-16-12)14-9-3-2-7-13-8-6-9/h1,4-5,9,13-14H,2-3,6-8H2. The summed E-state index contributed by atoms with van der Waals surface area (Å²) < 4.78 is 8.92. The molecule has 1 fully saturated rings. The molecule has 90 valence electrons. The summed E-state index contributed by atoms with van der Waals surface area (Å²) in [7, 11) is 0. The van der Waals surface area contributed by atoms with E-state index in [1.54, 1.807) is 0 Å². The van der Waals surface area contributed by atoms with E-state index in [4.69, 9.17) is 0 Å². The molecule has 0 bridgehead atoms. The summed E-state index contributed by atoms with van der Waals surface area (Å²) in [5.74, 6) is 0. The first kappa shape index (κ1) is 11.2. The van der Waals surface area contributed by atoms with Gasteiger partial charge in [-0.15, -0.1) is 0 Å². The van der Waals surface area contributed by atoms with Gasteiger partial charge in [0.05, 0.1) is 0 Å². The van der Waals surface area contributed by atoms with E-state index in [0.29, 0.717) is 6.04 Å². The Balaban J connectivity index is 1.77. The third kappa shape index (κ3) is 2.51. The molecular weight excluding hydrogens is 279 g/mol. The molecule has 0 aliphatic carbocycles. The number of hydrogen-bond acceptors (Lipinski definition) is 4. The third-order valence-electron chi connectivity index (χ3n) is 3.22. The Labute approximate surface area is 107 Å². The molecule has 4 nitrogen and oxygen atoms in total. The summed E-state index contributed by atoms with van der Waals surface area (Å²) in [6.07, 6.45) is 3.67. The quantitative estimate of drug-likeness (QED) is 0.837. The molecular formula is C12H16N4Se. The number of nitrogens with zero attached hydrogens (tertiary/aromatic N) is 2. The second kappa shape index (κ2) is 5.17. The molecule has 1 aromatic rings. The van der Waals surface area contributed by atoms with Crippen LogP contribution in [0.5, 0.6) is 0 Å². The van der Waals surface area contributed by atoms with Gasteiger partial charge in [-0.3, -0.25) is 0 Å². The van der Waals surface area contributed by atoms with Crippen molar-refractivity contribution in [2.45, 2.75) is 25.3 Å². The van der Waals surface area contributed by atoms with E-state index in [0.717, 1.165) is 30.2 Å². The van der Waals surface area contributed by atoms with Gasteiger partial charge in [-0.2, -0.15) is 0 Å². The van der Waals surface area contributed by atoms with Crippen LogP contribution in [0, 0.1) is 0 Å². The predicted octanol–water partition coefficient (Wildman–Crippen LogP) is 2.59. The van der Waals surface area contributed by atoms with Gasteiger partial charge in [-0.25, -0.2) is 0 Å². The van der Waals surface area contributed by atoms with Gasteiger partial charge >= 0.3 is 107 Å². The monoisotopic (exact) mass is 296 g/mol. The van der Waals surface area contributed by atoms with Crippen molar-refractivity contribution in [1.82, 2.24) is 5.32 Å². The zero-order chi connectivity index (χ0) is 11.5. The van der Waals surface area contributed by atoms with Gasteiger partial charge in [0.15, 0.2) is 0 Å². The first-order valence-electron chi connectivity index (χ1n) is 6.12. The van der Waals surface area contributed by atoms with Gasteiger partial charge in [-0.1, -0.05) is 0 Å². The van der Waals surface area contributed by atoms with E-state index in [1.807, 2.05) is 6.07 Å². The number of nitrogens with one attached hydrogen (secondary N) is 2. The average molecular weight is 295 g/mol. The number of anilines is 1. The van der Waals surface area contributed by atoms with Gasteiger partial charge in [0.1, 0.15) is 0 Å². The molecule has 17 heavy (non-hydrogen) atoms. The van der Waals surface area contributed by atoms with Crippen LogP contribution in [0.15, 0.2) is 26.1 Å². The number of hydrogen-bond donors (Lipinski definition) is 2. The van der Waals surface area contributed by atoms with E-state index in [2.05, 4.69) is 30.7 Å². The van der Waals surface area contributed by atoms with Crippen molar-refractivity contribution in [2.75, 3.05) is 18.4 Å². The summed E-state index contributed by atoms with van der Waals surface area (Å²) in [5.41, 5.74) is 3.30. The van der Waals surface area contributed by atoms with Crippen LogP contribution in [-0.2, 0) is 0 Å². The van der Waals surface area contributed by atoms with E-state index < -0.39 is 0 Å². The second-order valence-corrected chi connectivity index (χ2v) is 5.57. The Morgan fingerprint density at radius 3 is 3.24 bits per heavy atom. The summed E-state index contributed by atoms with van der Waals surface area (Å²) >= 11 is 0.0606. The summed E-state index contributed by atoms with van der Waals surface area (Å²) in [5, 5.41) is 7.07. The molecule has 1 saturated heterocycles. The van der Waals surface area contributed by atoms with E-state index >= 15 is 0 Å². The molecule has 1 atom stereocenters. The molecule has 2 aliphatic heterocycles. The zero-order valence-electron chi connectivity index (χ0n) is 9.65. The zero-order valence-corrected chi connectivity index (χ0v) is 11.4. The molecule has 0 spiro atoms. The number of fused-ring (bicyclic) bond motifs is 1. The van der Waals surface area contributed by atoms with Gasteiger partial charge < -0.3 is 0 Å². The fourth-order valence-corrected chi connectivity index (χ4v) is 3.46. The normalized spacial score (nSPS) is 22.7. The molecule has 0 amide bonds. The Morgan fingerprint density at radius 2 is 2.24 bits per heavy atom. The summed E-state index contributed by atoms with van der Waals surface area (Å²) in [6.45, 7) is 2.26. The van der Waals surface area contributed by atoms with Crippen molar-refractivity contribution in [3.8, 4) is 0 Å².